The highest BCUT2D eigenvalue weighted by Crippen LogP contribution is 2.79. The van der Waals surface area contributed by atoms with Gasteiger partial charge in [-0.2, -0.15) is 0 Å². The molecule has 2 saturated heterocycles. The van der Waals surface area contributed by atoms with E-state index in [-0.39, 0.29) is 39.7 Å². The summed E-state index contributed by atoms with van der Waals surface area (Å²) in [5.74, 6) is -0.224. The number of rotatable bonds is 2. The predicted molar refractivity (Wildman–Crippen MR) is 143 cm³/mol. The molecule has 4 saturated carbocycles. The number of carbonyl (C=O) groups excluding carboxylic acids is 2. The summed E-state index contributed by atoms with van der Waals surface area (Å²) in [5.41, 5.74) is -2.73. The molecule has 2 bridgehead atoms. The normalized spacial score (nSPS) is 54.9. The van der Waals surface area contributed by atoms with E-state index in [1.165, 1.54) is 6.92 Å². The van der Waals surface area contributed by atoms with Crippen molar-refractivity contribution in [1.82, 2.24) is 0 Å². The number of Topliss-reactive ketones (excluding diaryl/α,β-unsaturated/α-hetero) is 1. The molecule has 6 aliphatic rings. The number of aliphatic hydroxyl groups is 1. The van der Waals surface area contributed by atoms with Gasteiger partial charge < -0.3 is 19.3 Å². The van der Waals surface area contributed by atoms with E-state index in [0.29, 0.717) is 30.5 Å². The maximum absolute atomic E-state index is 13.1. The molecule has 0 aromatic rings. The van der Waals surface area contributed by atoms with Crippen molar-refractivity contribution in [2.45, 2.75) is 149 Å². The molecule has 0 unspecified atom stereocenters. The molecule has 6 fully saturated rings. The van der Waals surface area contributed by atoms with E-state index < -0.39 is 22.6 Å². The van der Waals surface area contributed by atoms with E-state index in [2.05, 4.69) is 41.5 Å². The highest BCUT2D eigenvalue weighted by molar-refractivity contribution is 5.85. The molecule has 0 aromatic carbocycles. The van der Waals surface area contributed by atoms with Crippen LogP contribution in [-0.2, 0) is 23.8 Å². The number of fused-ring (bicyclic) bond motifs is 9. The highest BCUT2D eigenvalue weighted by Gasteiger charge is 2.82. The smallest absolute Gasteiger partial charge is 0.302 e. The van der Waals surface area contributed by atoms with Gasteiger partial charge in [0.1, 0.15) is 23.1 Å². The van der Waals surface area contributed by atoms with Gasteiger partial charge in [0.15, 0.2) is 5.79 Å². The van der Waals surface area contributed by atoms with E-state index in [1.54, 1.807) is 13.8 Å². The number of hydrogen-bond acceptors (Lipinski definition) is 6. The van der Waals surface area contributed by atoms with Gasteiger partial charge >= 0.3 is 5.97 Å². The minimum atomic E-state index is -1.14. The molecule has 1 N–H and O–H groups in total. The van der Waals surface area contributed by atoms with Gasteiger partial charge in [-0.15, -0.1) is 0 Å². The minimum Gasteiger partial charge on any atom is -0.462 e. The molecular formula is C32H50O6. The molecule has 6 nitrogen and oxygen atoms in total. The fourth-order valence-electron chi connectivity index (χ4n) is 11.8. The average Bonchev–Trinajstić information content (AvgIpc) is 3.39. The first kappa shape index (κ1) is 27.2. The maximum Gasteiger partial charge on any atom is 0.302 e. The Balaban J connectivity index is 1.48. The molecule has 4 aliphatic carbocycles. The van der Waals surface area contributed by atoms with Gasteiger partial charge in [-0.1, -0.05) is 34.6 Å². The van der Waals surface area contributed by atoms with Crippen LogP contribution in [0.3, 0.4) is 0 Å². The van der Waals surface area contributed by atoms with Crippen LogP contribution in [0.25, 0.3) is 0 Å². The number of ketones is 1. The van der Waals surface area contributed by atoms with Crippen LogP contribution in [-0.4, -0.2) is 45.6 Å². The Labute approximate surface area is 228 Å². The quantitative estimate of drug-likeness (QED) is 0.443. The van der Waals surface area contributed by atoms with Gasteiger partial charge in [-0.25, -0.2) is 0 Å². The summed E-state index contributed by atoms with van der Waals surface area (Å²) in [6.07, 6.45) is 7.50. The first-order valence-corrected chi connectivity index (χ1v) is 15.2. The van der Waals surface area contributed by atoms with Crippen molar-refractivity contribution in [2.75, 3.05) is 0 Å². The van der Waals surface area contributed by atoms with E-state index in [0.717, 1.165) is 44.9 Å². The van der Waals surface area contributed by atoms with Crippen molar-refractivity contribution < 1.29 is 28.9 Å². The average molecular weight is 531 g/mol. The van der Waals surface area contributed by atoms with Crippen LogP contribution < -0.4 is 0 Å². The van der Waals surface area contributed by atoms with Gasteiger partial charge in [0.05, 0.1) is 5.60 Å². The molecule has 38 heavy (non-hydrogen) atoms. The fraction of sp³-hybridized carbons (Fsp3) is 0.938. The molecule has 0 aromatic heterocycles. The summed E-state index contributed by atoms with van der Waals surface area (Å²) < 4.78 is 20.2. The van der Waals surface area contributed by atoms with Crippen molar-refractivity contribution in [2.24, 2.45) is 39.4 Å². The maximum atomic E-state index is 13.1. The summed E-state index contributed by atoms with van der Waals surface area (Å²) in [6, 6.07) is 0. The molecule has 6 rings (SSSR count). The Bertz CT molecular complexity index is 1080. The molecule has 2 heterocycles. The van der Waals surface area contributed by atoms with Crippen molar-refractivity contribution in [3.05, 3.63) is 0 Å². The number of carbonyl (C=O) groups is 2. The highest BCUT2D eigenvalue weighted by atomic mass is 16.8. The Kier molecular flexibility index (Phi) is 5.33. The summed E-state index contributed by atoms with van der Waals surface area (Å²) in [6.45, 7) is 19.0. The lowest BCUT2D eigenvalue weighted by Crippen LogP contribution is -2.69. The summed E-state index contributed by atoms with van der Waals surface area (Å²) in [4.78, 5) is 25.7. The number of ether oxygens (including phenoxy) is 3. The van der Waals surface area contributed by atoms with Crippen LogP contribution in [0, 0.1) is 39.4 Å². The lowest BCUT2D eigenvalue weighted by Gasteiger charge is -2.70. The van der Waals surface area contributed by atoms with Gasteiger partial charge in [0.25, 0.3) is 0 Å². The van der Waals surface area contributed by atoms with Gasteiger partial charge in [0, 0.05) is 31.1 Å². The zero-order valence-electron chi connectivity index (χ0n) is 25.2. The van der Waals surface area contributed by atoms with Crippen molar-refractivity contribution in [3.8, 4) is 0 Å². The monoisotopic (exact) mass is 530 g/mol. The zero-order valence-corrected chi connectivity index (χ0v) is 25.2. The Morgan fingerprint density at radius 3 is 2.21 bits per heavy atom. The van der Waals surface area contributed by atoms with Crippen molar-refractivity contribution >= 4 is 11.8 Å². The summed E-state index contributed by atoms with van der Waals surface area (Å²) in [7, 11) is 0. The first-order chi connectivity index (χ1) is 17.3. The summed E-state index contributed by atoms with van der Waals surface area (Å²) >= 11 is 0. The minimum absolute atomic E-state index is 0.0107. The van der Waals surface area contributed by atoms with Gasteiger partial charge in [0.2, 0.25) is 0 Å². The Morgan fingerprint density at radius 2 is 1.61 bits per heavy atom. The third kappa shape index (κ3) is 2.91. The van der Waals surface area contributed by atoms with Crippen LogP contribution in [0.1, 0.15) is 120 Å². The van der Waals surface area contributed by atoms with Crippen LogP contribution >= 0.6 is 0 Å². The molecule has 1 spiro atoms. The second-order valence-corrected chi connectivity index (χ2v) is 16.1. The molecule has 0 amide bonds. The van der Waals surface area contributed by atoms with Crippen molar-refractivity contribution in [1.29, 1.82) is 0 Å². The topological polar surface area (TPSA) is 82.1 Å². The van der Waals surface area contributed by atoms with Crippen LogP contribution in [0.2, 0.25) is 0 Å². The number of hydrogen-bond donors (Lipinski definition) is 1. The van der Waals surface area contributed by atoms with Crippen LogP contribution in [0.15, 0.2) is 0 Å². The van der Waals surface area contributed by atoms with Crippen LogP contribution in [0.5, 0.6) is 0 Å². The van der Waals surface area contributed by atoms with Gasteiger partial charge in [-0.05, 0) is 93.8 Å². The van der Waals surface area contributed by atoms with E-state index in [4.69, 9.17) is 14.2 Å². The lowest BCUT2D eigenvalue weighted by molar-refractivity contribution is -0.294. The Morgan fingerprint density at radius 1 is 0.921 bits per heavy atom. The second kappa shape index (κ2) is 7.45. The van der Waals surface area contributed by atoms with Crippen LogP contribution in [0.4, 0.5) is 0 Å². The second-order valence-electron chi connectivity index (χ2n) is 16.1. The molecular weight excluding hydrogens is 480 g/mol. The fourth-order valence-corrected chi connectivity index (χ4v) is 11.8. The number of esters is 1. The van der Waals surface area contributed by atoms with E-state index in [1.807, 2.05) is 0 Å². The summed E-state index contributed by atoms with van der Waals surface area (Å²) in [5, 5.41) is 11.2. The largest absolute Gasteiger partial charge is 0.462 e. The Hall–Kier alpha value is -0.980. The van der Waals surface area contributed by atoms with E-state index in [9.17, 15) is 14.7 Å². The molecule has 0 radical (unpaired) electrons. The third-order valence-electron chi connectivity index (χ3n) is 14.0. The SMILES string of the molecule is CC(=O)O[C@@H]1C[C@@H]2[C@@]3(C)CCC(=O)C(C)(C)[C@H]3CC[C@@]2(C)[C@]2(C)CC[C@@]3(O[C@@]4(C(C)(C)O)CC[C@]3(C)O4)[C@@H]12. The predicted octanol–water partition coefficient (Wildman–Crippen LogP) is 5.97. The third-order valence-corrected chi connectivity index (χ3v) is 14.0. The molecule has 6 heteroatoms. The zero-order chi connectivity index (χ0) is 27.9. The molecule has 214 valence electrons. The van der Waals surface area contributed by atoms with E-state index >= 15 is 0 Å². The standard InChI is InChI=1S/C32H50O6/c1-19(33)36-20-18-22-27(6)12-11-23(34)25(2,3)21(27)10-13-28(22,7)29(8)14-16-31(24(20)29)30(9)15-17-32(37-30,38-31)26(4,5)35/h20-22,24,35H,10-18H2,1-9H3/t20-,21-,22-,24+,27+,28-,29-,30+,31-,32-/m1/s1. The van der Waals surface area contributed by atoms with Crippen molar-refractivity contribution in [3.63, 3.8) is 0 Å². The molecule has 2 aliphatic heterocycles. The lowest BCUT2D eigenvalue weighted by atomic mass is 9.35. The molecule has 10 atom stereocenters. The van der Waals surface area contributed by atoms with Gasteiger partial charge in [-0.3, -0.25) is 9.59 Å². The first-order valence-electron chi connectivity index (χ1n) is 15.2.